The van der Waals surface area contributed by atoms with Gasteiger partial charge in [-0.2, -0.15) is 0 Å². The average molecular weight is 423 g/mol. The molecule has 1 aromatic carbocycles. The first-order valence-electron chi connectivity index (χ1n) is 9.84. The average Bonchev–Trinajstić information content (AvgIpc) is 3.28. The number of esters is 1. The Morgan fingerprint density at radius 3 is 2.42 bits per heavy atom. The zero-order valence-corrected chi connectivity index (χ0v) is 18.2. The van der Waals surface area contributed by atoms with Crippen LogP contribution >= 0.6 is 0 Å². The van der Waals surface area contributed by atoms with Gasteiger partial charge in [0.05, 0.1) is 0 Å². The van der Waals surface area contributed by atoms with Gasteiger partial charge in [-0.1, -0.05) is 11.2 Å². The lowest BCUT2D eigenvalue weighted by Crippen LogP contribution is -2.31. The van der Waals surface area contributed by atoms with Gasteiger partial charge in [0.25, 0.3) is 5.91 Å². The first kappa shape index (κ1) is 22.0. The number of carbonyl (C=O) groups is 3. The van der Waals surface area contributed by atoms with E-state index in [0.29, 0.717) is 28.4 Å². The molecule has 0 aliphatic rings. The molecule has 31 heavy (non-hydrogen) atoms. The summed E-state index contributed by atoms with van der Waals surface area (Å²) >= 11 is 0. The molecule has 0 fully saturated rings. The predicted octanol–water partition coefficient (Wildman–Crippen LogP) is 3.16. The van der Waals surface area contributed by atoms with Crippen LogP contribution in [0.4, 0.5) is 0 Å². The number of aromatic nitrogens is 2. The number of Topliss-reactive ketones (excluding diaryl/α,β-unsaturated/α-hetero) is 1. The molecular formula is C23H25N3O5. The number of hydrogen-bond donors (Lipinski definition) is 1. The zero-order valence-electron chi connectivity index (χ0n) is 18.2. The molecule has 2 aromatic heterocycles. The lowest BCUT2D eigenvalue weighted by Gasteiger charge is -2.08. The first-order chi connectivity index (χ1) is 14.7. The monoisotopic (exact) mass is 423 g/mol. The van der Waals surface area contributed by atoms with E-state index in [9.17, 15) is 14.4 Å². The quantitative estimate of drug-likeness (QED) is 0.462. The molecule has 0 saturated carbocycles. The Morgan fingerprint density at radius 2 is 1.77 bits per heavy atom. The van der Waals surface area contributed by atoms with Crippen molar-refractivity contribution in [3.63, 3.8) is 0 Å². The summed E-state index contributed by atoms with van der Waals surface area (Å²) in [5, 5.41) is 6.49. The van der Waals surface area contributed by atoms with E-state index >= 15 is 0 Å². The molecule has 0 aliphatic heterocycles. The zero-order chi connectivity index (χ0) is 22.7. The van der Waals surface area contributed by atoms with Crippen LogP contribution in [-0.2, 0) is 9.53 Å². The van der Waals surface area contributed by atoms with Crippen molar-refractivity contribution < 1.29 is 23.6 Å². The van der Waals surface area contributed by atoms with Crippen LogP contribution in [0.3, 0.4) is 0 Å². The molecule has 0 bridgehead atoms. The van der Waals surface area contributed by atoms with Gasteiger partial charge in [-0.3, -0.25) is 19.0 Å². The fraction of sp³-hybridized carbons (Fsp3) is 0.304. The number of amides is 1. The van der Waals surface area contributed by atoms with E-state index < -0.39 is 12.6 Å². The van der Waals surface area contributed by atoms with Gasteiger partial charge in [0, 0.05) is 28.6 Å². The summed E-state index contributed by atoms with van der Waals surface area (Å²) in [5.41, 5.74) is 4.44. The highest BCUT2D eigenvalue weighted by Crippen LogP contribution is 2.21. The van der Waals surface area contributed by atoms with Gasteiger partial charge in [0.15, 0.2) is 12.4 Å². The van der Waals surface area contributed by atoms with Gasteiger partial charge in [-0.05, 0) is 63.9 Å². The summed E-state index contributed by atoms with van der Waals surface area (Å²) in [5.74, 6) is -0.164. The molecule has 0 atom stereocenters. The second kappa shape index (κ2) is 8.99. The third kappa shape index (κ3) is 4.91. The molecule has 162 valence electrons. The number of nitrogens with one attached hydrogen (secondary N) is 1. The highest BCUT2D eigenvalue weighted by Gasteiger charge is 2.20. The summed E-state index contributed by atoms with van der Waals surface area (Å²) in [6.07, 6.45) is 0. The Balaban J connectivity index is 1.56. The molecule has 1 N–H and O–H groups in total. The fourth-order valence-corrected chi connectivity index (χ4v) is 3.27. The standard InChI is InChI=1S/C23H25N3O5/c1-13-6-7-18(8-14(13)2)23(29)24-11-22(28)30-12-20(27)19-9-15(3)26(17(19)5)21-10-16(4)31-25-21/h6-10H,11-12H2,1-5H3,(H,24,29). The van der Waals surface area contributed by atoms with Crippen LogP contribution in [0.1, 0.15) is 49.0 Å². The number of aryl methyl sites for hydroxylation is 4. The lowest BCUT2D eigenvalue weighted by atomic mass is 10.1. The highest BCUT2D eigenvalue weighted by molar-refractivity contribution is 6.00. The van der Waals surface area contributed by atoms with Crippen molar-refractivity contribution in [3.8, 4) is 5.82 Å². The van der Waals surface area contributed by atoms with E-state index in [2.05, 4.69) is 10.5 Å². The third-order valence-corrected chi connectivity index (χ3v) is 5.10. The molecule has 8 nitrogen and oxygen atoms in total. The molecule has 0 spiro atoms. The van der Waals surface area contributed by atoms with Crippen LogP contribution in [0.5, 0.6) is 0 Å². The molecule has 3 aromatic rings. The van der Waals surface area contributed by atoms with E-state index in [1.54, 1.807) is 42.7 Å². The number of carbonyl (C=O) groups excluding carboxylic acids is 3. The highest BCUT2D eigenvalue weighted by atomic mass is 16.5. The van der Waals surface area contributed by atoms with Crippen LogP contribution in [0.25, 0.3) is 5.82 Å². The van der Waals surface area contributed by atoms with Crippen LogP contribution < -0.4 is 5.32 Å². The Bertz CT molecular complexity index is 1160. The van der Waals surface area contributed by atoms with Crippen molar-refractivity contribution in [2.45, 2.75) is 34.6 Å². The smallest absolute Gasteiger partial charge is 0.325 e. The minimum absolute atomic E-state index is 0.323. The van der Waals surface area contributed by atoms with E-state index in [1.807, 2.05) is 26.8 Å². The van der Waals surface area contributed by atoms with E-state index in [-0.39, 0.29) is 18.2 Å². The van der Waals surface area contributed by atoms with E-state index in [0.717, 1.165) is 16.8 Å². The first-order valence-corrected chi connectivity index (χ1v) is 9.84. The number of benzene rings is 1. The maximum absolute atomic E-state index is 12.6. The maximum atomic E-state index is 12.6. The summed E-state index contributed by atoms with van der Waals surface area (Å²) in [7, 11) is 0. The fourth-order valence-electron chi connectivity index (χ4n) is 3.27. The predicted molar refractivity (Wildman–Crippen MR) is 114 cm³/mol. The molecule has 1 amide bonds. The van der Waals surface area contributed by atoms with Gasteiger partial charge >= 0.3 is 5.97 Å². The Hall–Kier alpha value is -3.68. The molecular weight excluding hydrogens is 398 g/mol. The maximum Gasteiger partial charge on any atom is 0.325 e. The van der Waals surface area contributed by atoms with E-state index in [4.69, 9.17) is 9.26 Å². The Morgan fingerprint density at radius 1 is 1.03 bits per heavy atom. The van der Waals surface area contributed by atoms with Gasteiger partial charge in [-0.25, -0.2) is 0 Å². The summed E-state index contributed by atoms with van der Waals surface area (Å²) in [6, 6.07) is 8.78. The topological polar surface area (TPSA) is 103 Å². The lowest BCUT2D eigenvalue weighted by molar-refractivity contribution is -0.141. The van der Waals surface area contributed by atoms with Gasteiger partial charge in [0.2, 0.25) is 5.78 Å². The second-order valence-electron chi connectivity index (χ2n) is 7.48. The number of ketones is 1. The molecule has 0 unspecified atom stereocenters. The minimum Gasteiger partial charge on any atom is -0.456 e. The van der Waals surface area contributed by atoms with Crippen LogP contribution in [0.15, 0.2) is 34.9 Å². The van der Waals surface area contributed by atoms with Crippen LogP contribution in [0, 0.1) is 34.6 Å². The molecule has 3 rings (SSSR count). The summed E-state index contributed by atoms with van der Waals surface area (Å²) < 4.78 is 12.0. The SMILES string of the molecule is Cc1cc(-n2c(C)cc(C(=O)COC(=O)CNC(=O)c3ccc(C)c(C)c3)c2C)no1. The van der Waals surface area contributed by atoms with Crippen molar-refractivity contribution >= 4 is 17.7 Å². The molecule has 0 aliphatic carbocycles. The minimum atomic E-state index is -0.688. The van der Waals surface area contributed by atoms with Gasteiger partial charge < -0.3 is 14.6 Å². The van der Waals surface area contributed by atoms with Crippen LogP contribution in [0.2, 0.25) is 0 Å². The largest absolute Gasteiger partial charge is 0.456 e. The molecule has 2 heterocycles. The molecule has 0 saturated heterocycles. The number of hydrogen-bond acceptors (Lipinski definition) is 6. The number of rotatable bonds is 7. The van der Waals surface area contributed by atoms with Crippen molar-refractivity contribution in [2.75, 3.05) is 13.2 Å². The molecule has 0 radical (unpaired) electrons. The Labute approximate surface area is 180 Å². The van der Waals surface area contributed by atoms with Gasteiger partial charge in [-0.15, -0.1) is 0 Å². The van der Waals surface area contributed by atoms with Crippen LogP contribution in [-0.4, -0.2) is 40.5 Å². The third-order valence-electron chi connectivity index (χ3n) is 5.10. The second-order valence-corrected chi connectivity index (χ2v) is 7.48. The van der Waals surface area contributed by atoms with Crippen molar-refractivity contribution in [3.05, 3.63) is 69.7 Å². The number of ether oxygens (including phenoxy) is 1. The van der Waals surface area contributed by atoms with Gasteiger partial charge in [0.1, 0.15) is 12.3 Å². The van der Waals surface area contributed by atoms with Crippen molar-refractivity contribution in [1.82, 2.24) is 15.0 Å². The normalized spacial score (nSPS) is 10.7. The summed E-state index contributed by atoms with van der Waals surface area (Å²) in [6.45, 7) is 8.55. The van der Waals surface area contributed by atoms with E-state index in [1.165, 1.54) is 0 Å². The summed E-state index contributed by atoms with van der Waals surface area (Å²) in [4.78, 5) is 36.8. The number of nitrogens with zero attached hydrogens (tertiary/aromatic N) is 2. The Kier molecular flexibility index (Phi) is 6.39. The van der Waals surface area contributed by atoms with Crippen molar-refractivity contribution in [1.29, 1.82) is 0 Å². The van der Waals surface area contributed by atoms with Crippen molar-refractivity contribution in [2.24, 2.45) is 0 Å². The molecule has 8 heteroatoms.